The number of fused-ring (bicyclic) bond motifs is 1. The number of anilines is 1. The Labute approximate surface area is 140 Å². The minimum atomic E-state index is -0.448. The fourth-order valence-electron chi connectivity index (χ4n) is 2.35. The van der Waals surface area contributed by atoms with E-state index in [1.807, 2.05) is 6.07 Å². The summed E-state index contributed by atoms with van der Waals surface area (Å²) in [5, 5.41) is 12.0. The van der Waals surface area contributed by atoms with Gasteiger partial charge < -0.3 is 5.32 Å². The molecule has 120 valence electrons. The van der Waals surface area contributed by atoms with Crippen LogP contribution in [0.1, 0.15) is 15.2 Å². The van der Waals surface area contributed by atoms with E-state index >= 15 is 0 Å². The molecule has 0 radical (unpaired) electrons. The van der Waals surface area contributed by atoms with Gasteiger partial charge in [-0.1, -0.05) is 12.1 Å². The average Bonchev–Trinajstić information content (AvgIpc) is 3.04. The highest BCUT2D eigenvalue weighted by Gasteiger charge is 2.17. The molecule has 0 aliphatic rings. The van der Waals surface area contributed by atoms with Crippen LogP contribution < -0.4 is 16.6 Å². The zero-order valence-corrected chi connectivity index (χ0v) is 13.7. The van der Waals surface area contributed by atoms with E-state index < -0.39 is 17.2 Å². The molecule has 24 heavy (non-hydrogen) atoms. The molecule has 3 rings (SSSR count). The average molecular weight is 340 g/mol. The summed E-state index contributed by atoms with van der Waals surface area (Å²) in [6.07, 6.45) is 0. The number of rotatable bonds is 2. The van der Waals surface area contributed by atoms with Gasteiger partial charge in [-0.2, -0.15) is 5.26 Å². The molecule has 0 unspecified atom stereocenters. The number of nitriles is 1. The van der Waals surface area contributed by atoms with Gasteiger partial charge in [0.15, 0.2) is 0 Å². The molecule has 2 heterocycles. The summed E-state index contributed by atoms with van der Waals surface area (Å²) in [5.74, 6) is -0.437. The number of thiophene rings is 1. The number of nitrogens with one attached hydrogen (secondary N) is 1. The van der Waals surface area contributed by atoms with Crippen molar-refractivity contribution in [3.63, 3.8) is 0 Å². The first-order chi connectivity index (χ1) is 11.4. The van der Waals surface area contributed by atoms with Crippen molar-refractivity contribution in [3.8, 4) is 6.07 Å². The number of carbonyl (C=O) groups excluding carboxylic acids is 1. The summed E-state index contributed by atoms with van der Waals surface area (Å²) < 4.78 is 2.34. The Bertz CT molecular complexity index is 1130. The predicted octanol–water partition coefficient (Wildman–Crippen LogP) is 1.42. The second-order valence-electron chi connectivity index (χ2n) is 5.15. The van der Waals surface area contributed by atoms with Gasteiger partial charge in [0.25, 0.3) is 11.5 Å². The van der Waals surface area contributed by atoms with Crippen LogP contribution in [-0.2, 0) is 14.1 Å². The Morgan fingerprint density at radius 1 is 1.21 bits per heavy atom. The number of hydrogen-bond donors (Lipinski definition) is 1. The molecule has 0 bridgehead atoms. The minimum absolute atomic E-state index is 0.288. The monoisotopic (exact) mass is 340 g/mol. The van der Waals surface area contributed by atoms with E-state index in [2.05, 4.69) is 5.32 Å². The second-order valence-corrected chi connectivity index (χ2v) is 6.18. The maximum Gasteiger partial charge on any atom is 0.331 e. The lowest BCUT2D eigenvalue weighted by molar-refractivity contribution is 0.103. The van der Waals surface area contributed by atoms with Gasteiger partial charge in [-0.3, -0.25) is 18.7 Å². The van der Waals surface area contributed by atoms with E-state index in [1.165, 1.54) is 17.7 Å². The predicted molar refractivity (Wildman–Crippen MR) is 91.4 cm³/mol. The molecule has 0 saturated carbocycles. The van der Waals surface area contributed by atoms with E-state index in [1.54, 1.807) is 31.3 Å². The van der Waals surface area contributed by atoms with Crippen LogP contribution in [0.4, 0.5) is 5.69 Å². The molecule has 0 aliphatic heterocycles. The third-order valence-corrected chi connectivity index (χ3v) is 4.86. The zero-order chi connectivity index (χ0) is 17.4. The Hall–Kier alpha value is -3.18. The number of aromatic nitrogens is 2. The number of hydrogen-bond acceptors (Lipinski definition) is 5. The van der Waals surface area contributed by atoms with E-state index in [4.69, 9.17) is 5.26 Å². The molecular formula is C16H12N4O3S. The Balaban J connectivity index is 2.08. The highest BCUT2D eigenvalue weighted by Crippen LogP contribution is 2.23. The maximum atomic E-state index is 12.4. The molecule has 2 aromatic heterocycles. The summed E-state index contributed by atoms with van der Waals surface area (Å²) >= 11 is 1.06. The minimum Gasteiger partial charge on any atom is -0.320 e. The summed E-state index contributed by atoms with van der Waals surface area (Å²) in [6.45, 7) is 0. The Kier molecular flexibility index (Phi) is 3.79. The van der Waals surface area contributed by atoms with Crippen LogP contribution in [0.5, 0.6) is 0 Å². The molecule has 0 fully saturated rings. The summed E-state index contributed by atoms with van der Waals surface area (Å²) in [7, 11) is 2.94. The van der Waals surface area contributed by atoms with Crippen molar-refractivity contribution >= 4 is 33.1 Å². The quantitative estimate of drug-likeness (QED) is 0.763. The molecule has 0 atom stereocenters. The standard InChI is InChI=1S/C16H12N4O3S/c1-19-14(22)10-7-12(24-15(10)20(2)16(19)23)13(21)18-11-6-4-3-5-9(11)8-17/h3-7H,1-2H3,(H,18,21). The number of benzene rings is 1. The van der Waals surface area contributed by atoms with Gasteiger partial charge in [0, 0.05) is 14.1 Å². The third-order valence-electron chi connectivity index (χ3n) is 3.65. The van der Waals surface area contributed by atoms with Crippen LogP contribution in [0.2, 0.25) is 0 Å². The van der Waals surface area contributed by atoms with Crippen LogP contribution in [0.3, 0.4) is 0 Å². The lowest BCUT2D eigenvalue weighted by Crippen LogP contribution is -2.36. The summed E-state index contributed by atoms with van der Waals surface area (Å²) in [4.78, 5) is 37.3. The first kappa shape index (κ1) is 15.7. The summed E-state index contributed by atoms with van der Waals surface area (Å²) in [5.41, 5.74) is -0.156. The van der Waals surface area contributed by atoms with Gasteiger partial charge >= 0.3 is 5.69 Å². The molecule has 1 aromatic carbocycles. The smallest absolute Gasteiger partial charge is 0.320 e. The van der Waals surface area contributed by atoms with Crippen LogP contribution in [0, 0.1) is 11.3 Å². The fourth-order valence-corrected chi connectivity index (χ4v) is 3.35. The van der Waals surface area contributed by atoms with E-state index in [-0.39, 0.29) is 4.88 Å². The molecule has 8 heteroatoms. The molecule has 3 aromatic rings. The van der Waals surface area contributed by atoms with Crippen LogP contribution >= 0.6 is 11.3 Å². The van der Waals surface area contributed by atoms with Gasteiger partial charge in [0.05, 0.1) is 21.5 Å². The second kappa shape index (κ2) is 5.79. The highest BCUT2D eigenvalue weighted by atomic mass is 32.1. The van der Waals surface area contributed by atoms with Crippen LogP contribution in [0.25, 0.3) is 10.2 Å². The van der Waals surface area contributed by atoms with Crippen molar-refractivity contribution in [2.24, 2.45) is 14.1 Å². The van der Waals surface area contributed by atoms with Gasteiger partial charge in [-0.25, -0.2) is 4.79 Å². The van der Waals surface area contributed by atoms with Gasteiger partial charge in [0.1, 0.15) is 10.9 Å². The lowest BCUT2D eigenvalue weighted by atomic mass is 10.2. The van der Waals surface area contributed by atoms with Gasteiger partial charge in [-0.05, 0) is 18.2 Å². The molecule has 0 spiro atoms. The van der Waals surface area contributed by atoms with Gasteiger partial charge in [0.2, 0.25) is 0 Å². The van der Waals surface area contributed by atoms with Crippen molar-refractivity contribution in [2.45, 2.75) is 0 Å². The first-order valence-corrected chi connectivity index (χ1v) is 7.75. The molecular weight excluding hydrogens is 328 g/mol. The highest BCUT2D eigenvalue weighted by molar-refractivity contribution is 7.20. The molecule has 0 aliphatic carbocycles. The SMILES string of the molecule is Cn1c(=O)c2cc(C(=O)Nc3ccccc3C#N)sc2n(C)c1=O. The number of amides is 1. The fraction of sp³-hybridized carbons (Fsp3) is 0.125. The molecule has 7 nitrogen and oxygen atoms in total. The molecule has 1 amide bonds. The number of aryl methyl sites for hydroxylation is 1. The molecule has 1 N–H and O–H groups in total. The topological polar surface area (TPSA) is 96.9 Å². The van der Waals surface area contributed by atoms with Crippen LogP contribution in [-0.4, -0.2) is 15.0 Å². The summed E-state index contributed by atoms with van der Waals surface area (Å²) in [6, 6.07) is 10.1. The van der Waals surface area contributed by atoms with Gasteiger partial charge in [-0.15, -0.1) is 11.3 Å². The number of carbonyl (C=O) groups is 1. The first-order valence-electron chi connectivity index (χ1n) is 6.94. The van der Waals surface area contributed by atoms with Crippen molar-refractivity contribution < 1.29 is 4.79 Å². The van der Waals surface area contributed by atoms with Crippen molar-refractivity contribution in [1.82, 2.24) is 9.13 Å². The lowest BCUT2D eigenvalue weighted by Gasteiger charge is -2.04. The number of nitrogens with zero attached hydrogens (tertiary/aromatic N) is 3. The van der Waals surface area contributed by atoms with E-state index in [0.717, 1.165) is 15.9 Å². The maximum absolute atomic E-state index is 12.4. The zero-order valence-electron chi connectivity index (χ0n) is 12.9. The van der Waals surface area contributed by atoms with Crippen molar-refractivity contribution in [3.05, 3.63) is 61.6 Å². The Morgan fingerprint density at radius 3 is 2.62 bits per heavy atom. The normalized spacial score (nSPS) is 10.5. The number of para-hydroxylation sites is 1. The third kappa shape index (κ3) is 2.41. The van der Waals surface area contributed by atoms with Crippen molar-refractivity contribution in [1.29, 1.82) is 5.26 Å². The molecule has 0 saturated heterocycles. The van der Waals surface area contributed by atoms with Crippen LogP contribution in [0.15, 0.2) is 39.9 Å². The Morgan fingerprint density at radius 2 is 1.92 bits per heavy atom. The van der Waals surface area contributed by atoms with E-state index in [0.29, 0.717) is 21.5 Å². The largest absolute Gasteiger partial charge is 0.331 e. The van der Waals surface area contributed by atoms with Crippen molar-refractivity contribution in [2.75, 3.05) is 5.32 Å². The van der Waals surface area contributed by atoms with E-state index in [9.17, 15) is 14.4 Å².